The van der Waals surface area contributed by atoms with Crippen LogP contribution in [0.2, 0.25) is 0 Å². The standard InChI is InChI=1S/C3H3N3O2S.ClH/c7-9(8)3-4-1-2-5-6-3;/h1-2,6H;1H. The third-order valence-electron chi connectivity index (χ3n) is 0.651. The monoisotopic (exact) mass is 181 g/mol. The van der Waals surface area contributed by atoms with Gasteiger partial charge in [-0.1, -0.05) is 0 Å². The molecule has 0 saturated carbocycles. The molecule has 0 aliphatic rings. The van der Waals surface area contributed by atoms with Gasteiger partial charge < -0.3 is 0 Å². The Hall–Kier alpha value is -0.880. The Bertz CT molecular complexity index is 331. The van der Waals surface area contributed by atoms with E-state index in [4.69, 9.17) is 0 Å². The molecule has 1 rings (SSSR count). The number of nitrogens with one attached hydrogen (secondary N) is 1. The van der Waals surface area contributed by atoms with Crippen molar-refractivity contribution in [1.82, 2.24) is 15.2 Å². The molecule has 5 nitrogen and oxygen atoms in total. The van der Waals surface area contributed by atoms with Gasteiger partial charge in [0.1, 0.15) is 0 Å². The quantitative estimate of drug-likeness (QED) is 0.555. The van der Waals surface area contributed by atoms with Crippen molar-refractivity contribution in [2.75, 3.05) is 0 Å². The van der Waals surface area contributed by atoms with Crippen molar-refractivity contribution in [3.63, 3.8) is 0 Å². The fraction of sp³-hybridized carbons (Fsp3) is 0. The Balaban J connectivity index is 0.000000810. The summed E-state index contributed by atoms with van der Waals surface area (Å²) in [4.78, 5) is 3.45. The van der Waals surface area contributed by atoms with Gasteiger partial charge in [0, 0.05) is 0 Å². The van der Waals surface area contributed by atoms with E-state index in [2.05, 4.69) is 15.2 Å². The van der Waals surface area contributed by atoms with E-state index < -0.39 is 10.3 Å². The third-order valence-corrected chi connectivity index (χ3v) is 1.16. The number of halogens is 1. The van der Waals surface area contributed by atoms with Crippen molar-refractivity contribution < 1.29 is 8.42 Å². The third kappa shape index (κ3) is 2.16. The molecule has 1 N–H and O–H groups in total. The van der Waals surface area contributed by atoms with E-state index in [-0.39, 0.29) is 17.2 Å². The second-order valence-corrected chi connectivity index (χ2v) is 2.06. The average molecular weight is 182 g/mol. The smallest absolute Gasteiger partial charge is 0.248 e. The number of hydrogen-bond donors (Lipinski definition) is 1. The Labute approximate surface area is 64.1 Å². The van der Waals surface area contributed by atoms with Crippen LogP contribution in [-0.2, 0) is 10.3 Å². The Morgan fingerprint density at radius 3 is 2.40 bits per heavy atom. The molecule has 56 valence electrons. The minimum absolute atomic E-state index is 0. The maximum absolute atomic E-state index is 10.1. The molecule has 0 atom stereocenters. The molecule has 0 amide bonds. The highest BCUT2D eigenvalue weighted by Gasteiger charge is 1.77. The maximum Gasteiger partial charge on any atom is 0.270 e. The van der Waals surface area contributed by atoms with Gasteiger partial charge >= 0.3 is 0 Å². The molecule has 10 heavy (non-hydrogen) atoms. The summed E-state index contributed by atoms with van der Waals surface area (Å²) < 4.78 is 20.0. The molecule has 0 aliphatic heterocycles. The Morgan fingerprint density at radius 2 is 2.10 bits per heavy atom. The van der Waals surface area contributed by atoms with Crippen LogP contribution in [0.5, 0.6) is 0 Å². The Kier molecular flexibility index (Phi) is 3.67. The normalized spacial score (nSPS) is 8.00. The molecule has 1 aromatic heterocycles. The minimum Gasteiger partial charge on any atom is -0.248 e. The first-order valence-corrected chi connectivity index (χ1v) is 3.16. The van der Waals surface area contributed by atoms with E-state index in [1.807, 2.05) is 0 Å². The van der Waals surface area contributed by atoms with Gasteiger partial charge in [0.15, 0.2) is 0 Å². The summed E-state index contributed by atoms with van der Waals surface area (Å²) in [6.45, 7) is 0. The number of rotatable bonds is 0. The van der Waals surface area contributed by atoms with Crippen LogP contribution in [0.4, 0.5) is 0 Å². The van der Waals surface area contributed by atoms with Crippen molar-refractivity contribution in [3.8, 4) is 0 Å². The van der Waals surface area contributed by atoms with E-state index in [9.17, 15) is 8.42 Å². The lowest BCUT2D eigenvalue weighted by atomic mass is 10.9. The largest absolute Gasteiger partial charge is 0.270 e. The SMILES string of the molecule is Cl.O=S(=O)=c1nccn[nH]1. The molecule has 0 spiro atoms. The lowest BCUT2D eigenvalue weighted by Gasteiger charge is -1.75. The highest BCUT2D eigenvalue weighted by Crippen LogP contribution is 1.66. The molecular weight excluding hydrogens is 178 g/mol. The van der Waals surface area contributed by atoms with Gasteiger partial charge in [0.25, 0.3) is 15.1 Å². The van der Waals surface area contributed by atoms with Gasteiger partial charge in [-0.15, -0.1) is 12.4 Å². The van der Waals surface area contributed by atoms with Crippen molar-refractivity contribution in [3.05, 3.63) is 17.2 Å². The van der Waals surface area contributed by atoms with Gasteiger partial charge in [-0.2, -0.15) is 13.5 Å². The van der Waals surface area contributed by atoms with Crippen LogP contribution in [0.1, 0.15) is 0 Å². The van der Waals surface area contributed by atoms with Crippen LogP contribution in [0.3, 0.4) is 0 Å². The molecule has 1 heterocycles. The van der Waals surface area contributed by atoms with E-state index in [1.165, 1.54) is 12.4 Å². The summed E-state index contributed by atoms with van der Waals surface area (Å²) in [6.07, 6.45) is 2.65. The molecule has 0 bridgehead atoms. The molecular formula is C3H4ClN3O2S. The fourth-order valence-corrected chi connectivity index (χ4v) is 0.610. The maximum atomic E-state index is 10.1. The summed E-state index contributed by atoms with van der Waals surface area (Å²) in [7, 11) is -2.31. The molecule has 1 aromatic rings. The van der Waals surface area contributed by atoms with Crippen molar-refractivity contribution in [2.24, 2.45) is 0 Å². The van der Waals surface area contributed by atoms with Crippen LogP contribution in [-0.4, -0.2) is 23.6 Å². The van der Waals surface area contributed by atoms with Crippen LogP contribution in [0, 0.1) is 4.77 Å². The number of H-pyrrole nitrogens is 1. The molecule has 0 aromatic carbocycles. The first-order valence-electron chi connectivity index (χ1n) is 2.08. The minimum atomic E-state index is -2.31. The molecule has 0 saturated heterocycles. The molecule has 0 radical (unpaired) electrons. The molecule has 0 unspecified atom stereocenters. The van der Waals surface area contributed by atoms with Gasteiger partial charge in [-0.25, -0.2) is 10.1 Å². The summed E-state index contributed by atoms with van der Waals surface area (Å²) in [5.74, 6) is 0. The van der Waals surface area contributed by atoms with Gasteiger partial charge in [-0.05, 0) is 0 Å². The summed E-state index contributed by atoms with van der Waals surface area (Å²) in [5.41, 5.74) is 0. The lowest BCUT2D eigenvalue weighted by Crippen LogP contribution is -1.84. The zero-order chi connectivity index (χ0) is 6.69. The topological polar surface area (TPSA) is 75.7 Å². The predicted molar refractivity (Wildman–Crippen MR) is 35.8 cm³/mol. The average Bonchev–Trinajstić information content (AvgIpc) is 1.90. The van der Waals surface area contributed by atoms with Crippen LogP contribution >= 0.6 is 12.4 Å². The van der Waals surface area contributed by atoms with Crippen LogP contribution in [0.15, 0.2) is 12.4 Å². The summed E-state index contributed by atoms with van der Waals surface area (Å²) >= 11 is 0. The fourth-order valence-electron chi connectivity index (χ4n) is 0.336. The van der Waals surface area contributed by atoms with Crippen LogP contribution < -0.4 is 0 Å². The number of aromatic amines is 1. The van der Waals surface area contributed by atoms with E-state index in [0.29, 0.717) is 0 Å². The Morgan fingerprint density at radius 1 is 1.40 bits per heavy atom. The number of nitrogens with zero attached hydrogens (tertiary/aromatic N) is 2. The number of aromatic nitrogens is 3. The molecule has 0 aliphatic carbocycles. The van der Waals surface area contributed by atoms with Gasteiger partial charge in [0.05, 0.1) is 12.4 Å². The number of hydrogen-bond acceptors (Lipinski definition) is 4. The van der Waals surface area contributed by atoms with Crippen molar-refractivity contribution >= 4 is 22.7 Å². The first-order chi connectivity index (χ1) is 4.30. The van der Waals surface area contributed by atoms with Gasteiger partial charge in [-0.3, -0.25) is 0 Å². The van der Waals surface area contributed by atoms with Crippen molar-refractivity contribution in [1.29, 1.82) is 0 Å². The predicted octanol–water partition coefficient (Wildman–Crippen LogP) is -0.362. The first kappa shape index (κ1) is 9.12. The van der Waals surface area contributed by atoms with Gasteiger partial charge in [0.2, 0.25) is 0 Å². The summed E-state index contributed by atoms with van der Waals surface area (Å²) in [6, 6.07) is 0. The van der Waals surface area contributed by atoms with E-state index in [0.717, 1.165) is 0 Å². The highest BCUT2D eigenvalue weighted by atomic mass is 35.5. The zero-order valence-corrected chi connectivity index (χ0v) is 6.32. The highest BCUT2D eigenvalue weighted by molar-refractivity contribution is 7.63. The second kappa shape index (κ2) is 4.02. The second-order valence-electron chi connectivity index (χ2n) is 1.21. The van der Waals surface area contributed by atoms with E-state index >= 15 is 0 Å². The zero-order valence-electron chi connectivity index (χ0n) is 4.68. The molecule has 0 fully saturated rings. The van der Waals surface area contributed by atoms with Crippen LogP contribution in [0.25, 0.3) is 0 Å². The van der Waals surface area contributed by atoms with E-state index in [1.54, 1.807) is 0 Å². The summed E-state index contributed by atoms with van der Waals surface area (Å²) in [5, 5.41) is 5.62. The lowest BCUT2D eigenvalue weighted by molar-refractivity contribution is 0.622. The van der Waals surface area contributed by atoms with Crippen molar-refractivity contribution in [2.45, 2.75) is 0 Å². The molecule has 7 heteroatoms.